The van der Waals surface area contributed by atoms with Crippen LogP contribution in [-0.4, -0.2) is 37.5 Å². The Morgan fingerprint density at radius 2 is 1.91 bits per heavy atom. The zero-order valence-corrected chi connectivity index (χ0v) is 14.8. The van der Waals surface area contributed by atoms with Gasteiger partial charge in [-0.3, -0.25) is 0 Å². The number of ether oxygens (including phenoxy) is 1. The van der Waals surface area contributed by atoms with Crippen molar-refractivity contribution in [3.8, 4) is 5.75 Å². The summed E-state index contributed by atoms with van der Waals surface area (Å²) in [4.78, 5) is 0. The molecule has 0 bridgehead atoms. The number of halogens is 1. The summed E-state index contributed by atoms with van der Waals surface area (Å²) in [5, 5.41) is 16.5. The highest BCUT2D eigenvalue weighted by Gasteiger charge is 2.04. The first kappa shape index (κ1) is 17.8. The van der Waals surface area contributed by atoms with Crippen LogP contribution in [0.1, 0.15) is 5.56 Å². The first-order valence-electron chi connectivity index (χ1n) is 7.72. The molecule has 124 valence electrons. The van der Waals surface area contributed by atoms with E-state index in [9.17, 15) is 5.11 Å². The summed E-state index contributed by atoms with van der Waals surface area (Å²) in [5.41, 5.74) is 2.30. The number of rotatable bonds is 9. The monoisotopic (exact) mass is 378 g/mol. The Hall–Kier alpha value is -1.56. The van der Waals surface area contributed by atoms with Crippen LogP contribution in [0.15, 0.2) is 53.0 Å². The maximum Gasteiger partial charge on any atom is 0.119 e. The molecule has 0 saturated heterocycles. The molecule has 0 spiro atoms. The smallest absolute Gasteiger partial charge is 0.119 e. The molecule has 0 heterocycles. The average molecular weight is 379 g/mol. The number of hydrogen-bond donors (Lipinski definition) is 3. The first-order chi connectivity index (χ1) is 11.1. The van der Waals surface area contributed by atoms with Crippen LogP contribution in [0.4, 0.5) is 5.69 Å². The normalized spacial score (nSPS) is 12.0. The lowest BCUT2D eigenvalue weighted by molar-refractivity contribution is 0.107. The number of aliphatic hydroxyl groups is 1. The summed E-state index contributed by atoms with van der Waals surface area (Å²) in [6.07, 6.45) is -0.527. The lowest BCUT2D eigenvalue weighted by Gasteiger charge is -2.14. The van der Waals surface area contributed by atoms with E-state index >= 15 is 0 Å². The molecule has 23 heavy (non-hydrogen) atoms. The molecule has 0 fully saturated rings. The molecule has 2 rings (SSSR count). The maximum atomic E-state index is 9.89. The van der Waals surface area contributed by atoms with Crippen LogP contribution >= 0.6 is 15.9 Å². The Bertz CT molecular complexity index is 593. The van der Waals surface area contributed by atoms with Gasteiger partial charge in [-0.1, -0.05) is 24.3 Å². The van der Waals surface area contributed by atoms with E-state index in [4.69, 9.17) is 4.74 Å². The summed E-state index contributed by atoms with van der Waals surface area (Å²) < 4.78 is 6.57. The van der Waals surface area contributed by atoms with E-state index in [1.165, 1.54) is 5.56 Å². The van der Waals surface area contributed by atoms with Crippen LogP contribution in [0.2, 0.25) is 0 Å². The highest BCUT2D eigenvalue weighted by Crippen LogP contribution is 2.22. The van der Waals surface area contributed by atoms with Crippen molar-refractivity contribution < 1.29 is 9.84 Å². The molecule has 0 aliphatic carbocycles. The largest absolute Gasteiger partial charge is 0.491 e. The third kappa shape index (κ3) is 6.60. The van der Waals surface area contributed by atoms with E-state index < -0.39 is 6.10 Å². The number of aryl methyl sites for hydroxylation is 1. The van der Waals surface area contributed by atoms with Crippen molar-refractivity contribution in [1.29, 1.82) is 0 Å². The van der Waals surface area contributed by atoms with Gasteiger partial charge >= 0.3 is 0 Å². The number of aliphatic hydroxyl groups excluding tert-OH is 1. The minimum absolute atomic E-state index is 0.286. The SMILES string of the molecule is Cc1ccc(NCCNCC(O)COc2ccccc2)c(Br)c1. The summed E-state index contributed by atoms with van der Waals surface area (Å²) in [6, 6.07) is 15.7. The van der Waals surface area contributed by atoms with E-state index in [-0.39, 0.29) is 6.61 Å². The molecule has 0 amide bonds. The molecule has 0 aliphatic rings. The molecule has 0 aromatic heterocycles. The van der Waals surface area contributed by atoms with Crippen molar-refractivity contribution in [3.05, 3.63) is 58.6 Å². The summed E-state index contributed by atoms with van der Waals surface area (Å²) in [7, 11) is 0. The molecule has 3 N–H and O–H groups in total. The van der Waals surface area contributed by atoms with Crippen LogP contribution in [-0.2, 0) is 0 Å². The molecule has 2 aromatic carbocycles. The van der Waals surface area contributed by atoms with Crippen LogP contribution < -0.4 is 15.4 Å². The van der Waals surface area contributed by atoms with Crippen LogP contribution in [0, 0.1) is 6.92 Å². The van der Waals surface area contributed by atoms with Crippen LogP contribution in [0.25, 0.3) is 0 Å². The minimum atomic E-state index is -0.527. The highest BCUT2D eigenvalue weighted by molar-refractivity contribution is 9.10. The van der Waals surface area contributed by atoms with Gasteiger partial charge in [-0.2, -0.15) is 0 Å². The van der Waals surface area contributed by atoms with Gasteiger partial charge < -0.3 is 20.5 Å². The highest BCUT2D eigenvalue weighted by atomic mass is 79.9. The second kappa shape index (κ2) is 9.55. The molecule has 0 aliphatic heterocycles. The quantitative estimate of drug-likeness (QED) is 0.586. The van der Waals surface area contributed by atoms with E-state index in [1.54, 1.807) is 0 Å². The van der Waals surface area contributed by atoms with Crippen LogP contribution in [0.5, 0.6) is 5.75 Å². The number of hydrogen-bond acceptors (Lipinski definition) is 4. The summed E-state index contributed by atoms with van der Waals surface area (Å²) >= 11 is 3.54. The molecule has 2 aromatic rings. The van der Waals surface area contributed by atoms with Gasteiger partial charge in [0.2, 0.25) is 0 Å². The molecule has 0 saturated carbocycles. The van der Waals surface area contributed by atoms with Gasteiger partial charge in [-0.15, -0.1) is 0 Å². The van der Waals surface area contributed by atoms with Gasteiger partial charge in [0.25, 0.3) is 0 Å². The third-order valence-corrected chi connectivity index (χ3v) is 3.96. The topological polar surface area (TPSA) is 53.5 Å². The predicted octanol–water partition coefficient (Wildman–Crippen LogP) is 3.20. The zero-order chi connectivity index (χ0) is 16.5. The number of anilines is 1. The molecule has 1 atom stereocenters. The first-order valence-corrected chi connectivity index (χ1v) is 8.51. The number of nitrogens with one attached hydrogen (secondary N) is 2. The van der Waals surface area contributed by atoms with E-state index in [1.807, 2.05) is 30.3 Å². The van der Waals surface area contributed by atoms with Crippen molar-refractivity contribution >= 4 is 21.6 Å². The predicted molar refractivity (Wildman–Crippen MR) is 98.2 cm³/mol. The summed E-state index contributed by atoms with van der Waals surface area (Å²) in [5.74, 6) is 0.775. The van der Waals surface area contributed by atoms with Crippen molar-refractivity contribution in [3.63, 3.8) is 0 Å². The molecule has 1 unspecified atom stereocenters. The maximum absolute atomic E-state index is 9.89. The third-order valence-electron chi connectivity index (χ3n) is 3.31. The van der Waals surface area contributed by atoms with E-state index in [2.05, 4.69) is 51.7 Å². The van der Waals surface area contributed by atoms with Crippen molar-refractivity contribution in [2.45, 2.75) is 13.0 Å². The fourth-order valence-electron chi connectivity index (χ4n) is 2.09. The van der Waals surface area contributed by atoms with Gasteiger partial charge in [-0.05, 0) is 52.7 Å². The van der Waals surface area contributed by atoms with Gasteiger partial charge in [0, 0.05) is 29.8 Å². The van der Waals surface area contributed by atoms with E-state index in [0.29, 0.717) is 6.54 Å². The van der Waals surface area contributed by atoms with Crippen LogP contribution in [0.3, 0.4) is 0 Å². The molecule has 4 nitrogen and oxygen atoms in total. The van der Waals surface area contributed by atoms with Crippen molar-refractivity contribution in [2.75, 3.05) is 31.6 Å². The second-order valence-corrected chi connectivity index (χ2v) is 6.25. The van der Waals surface area contributed by atoms with Gasteiger partial charge in [-0.25, -0.2) is 0 Å². The zero-order valence-electron chi connectivity index (χ0n) is 13.3. The van der Waals surface area contributed by atoms with Gasteiger partial charge in [0.15, 0.2) is 0 Å². The summed E-state index contributed by atoms with van der Waals surface area (Å²) in [6.45, 7) is 4.41. The Morgan fingerprint density at radius 3 is 2.65 bits per heavy atom. The Kier molecular flexibility index (Phi) is 7.39. The lowest BCUT2D eigenvalue weighted by Crippen LogP contribution is -2.34. The van der Waals surface area contributed by atoms with Crippen molar-refractivity contribution in [2.24, 2.45) is 0 Å². The number of benzene rings is 2. The number of para-hydroxylation sites is 1. The fourth-order valence-corrected chi connectivity index (χ4v) is 2.72. The second-order valence-electron chi connectivity index (χ2n) is 5.39. The molecular weight excluding hydrogens is 356 g/mol. The Labute approximate surface area is 146 Å². The average Bonchev–Trinajstić information content (AvgIpc) is 2.55. The molecular formula is C18H23BrN2O2. The Balaban J connectivity index is 1.58. The fraction of sp³-hybridized carbons (Fsp3) is 0.333. The van der Waals surface area contributed by atoms with Gasteiger partial charge in [0.05, 0.1) is 0 Å². The van der Waals surface area contributed by atoms with Crippen molar-refractivity contribution in [1.82, 2.24) is 5.32 Å². The Morgan fingerprint density at radius 1 is 1.13 bits per heavy atom. The van der Waals surface area contributed by atoms with E-state index in [0.717, 1.165) is 29.0 Å². The molecule has 5 heteroatoms. The lowest BCUT2D eigenvalue weighted by atomic mass is 10.2. The standard InChI is InChI=1S/C18H23BrN2O2/c1-14-7-8-18(17(19)11-14)21-10-9-20-12-15(22)13-23-16-5-3-2-4-6-16/h2-8,11,15,20-22H,9-10,12-13H2,1H3. The minimum Gasteiger partial charge on any atom is -0.491 e. The van der Waals surface area contributed by atoms with Gasteiger partial charge in [0.1, 0.15) is 18.5 Å². The molecule has 0 radical (unpaired) electrons.